The molecule has 0 saturated heterocycles. The summed E-state index contributed by atoms with van der Waals surface area (Å²) in [7, 11) is 0. The van der Waals surface area contributed by atoms with Crippen molar-refractivity contribution in [3.8, 4) is 0 Å². The number of rotatable bonds is 3. The van der Waals surface area contributed by atoms with Gasteiger partial charge in [-0.2, -0.15) is 0 Å². The second-order valence-electron chi connectivity index (χ2n) is 2.07. The summed E-state index contributed by atoms with van der Waals surface area (Å²) < 4.78 is 0. The Morgan fingerprint density at radius 1 is 1.60 bits per heavy atom. The van der Waals surface area contributed by atoms with Crippen molar-refractivity contribution < 1.29 is 5.11 Å². The van der Waals surface area contributed by atoms with Crippen LogP contribution in [0.3, 0.4) is 0 Å². The molecule has 0 aromatic carbocycles. The molecule has 0 radical (unpaired) electrons. The zero-order chi connectivity index (χ0) is 7.98. The van der Waals surface area contributed by atoms with Crippen molar-refractivity contribution in [2.24, 2.45) is 0 Å². The largest absolute Gasteiger partial charge is 0.389 e. The maximum Gasteiger partial charge on any atom is 0.0761 e. The van der Waals surface area contributed by atoms with Gasteiger partial charge in [-0.3, -0.25) is 0 Å². The Morgan fingerprint density at radius 2 is 2.20 bits per heavy atom. The fraction of sp³-hybridized carbons (Fsp3) is 0.333. The van der Waals surface area contributed by atoms with E-state index in [0.717, 1.165) is 5.57 Å². The van der Waals surface area contributed by atoms with Crippen LogP contribution in [0.2, 0.25) is 0 Å². The van der Waals surface area contributed by atoms with E-state index in [2.05, 4.69) is 6.58 Å². The van der Waals surface area contributed by atoms with Crippen molar-refractivity contribution in [3.63, 3.8) is 0 Å². The number of hydrogen-bond donors (Lipinski definition) is 1. The number of hydrogen-bond acceptors (Lipinski definition) is 1. The molecule has 0 amide bonds. The lowest BCUT2D eigenvalue weighted by atomic mass is 10.1. The third-order valence-electron chi connectivity index (χ3n) is 1.20. The minimum atomic E-state index is -0.423. The van der Waals surface area contributed by atoms with Crippen molar-refractivity contribution in [2.75, 3.05) is 0 Å². The Kier molecular flexibility index (Phi) is 4.59. The number of allylic oxidation sites excluding steroid dienone is 3. The molecule has 1 N–H and O–H groups in total. The highest BCUT2D eigenvalue weighted by atomic mass is 16.3. The van der Waals surface area contributed by atoms with Crippen LogP contribution in [0.25, 0.3) is 0 Å². The second-order valence-corrected chi connectivity index (χ2v) is 2.07. The monoisotopic (exact) mass is 138 g/mol. The molecule has 0 saturated carbocycles. The van der Waals surface area contributed by atoms with Gasteiger partial charge in [0.1, 0.15) is 0 Å². The van der Waals surface area contributed by atoms with Crippen LogP contribution < -0.4 is 0 Å². The Hall–Kier alpha value is -0.820. The lowest BCUT2D eigenvalue weighted by Crippen LogP contribution is -2.00. The van der Waals surface area contributed by atoms with Gasteiger partial charge in [-0.15, -0.1) is 0 Å². The van der Waals surface area contributed by atoms with Crippen molar-refractivity contribution >= 4 is 0 Å². The summed E-state index contributed by atoms with van der Waals surface area (Å²) in [6.07, 6.45) is 6.87. The van der Waals surface area contributed by atoms with Gasteiger partial charge in [0.2, 0.25) is 0 Å². The van der Waals surface area contributed by atoms with Gasteiger partial charge in [0, 0.05) is 0 Å². The standard InChI is InChI=1S/C9H14O/c1-4-6-7-9(5-2)8(3)10/h4-8,10H,2H2,1,3H3/b6-4+,9-7+. The Morgan fingerprint density at radius 3 is 2.50 bits per heavy atom. The van der Waals surface area contributed by atoms with E-state index in [0.29, 0.717) is 0 Å². The topological polar surface area (TPSA) is 20.2 Å². The van der Waals surface area contributed by atoms with E-state index < -0.39 is 6.10 Å². The number of aliphatic hydroxyl groups excluding tert-OH is 1. The lowest BCUT2D eigenvalue weighted by molar-refractivity contribution is 0.235. The Labute approximate surface area is 62.4 Å². The lowest BCUT2D eigenvalue weighted by Gasteiger charge is -2.01. The van der Waals surface area contributed by atoms with Gasteiger partial charge < -0.3 is 5.11 Å². The van der Waals surface area contributed by atoms with Crippen LogP contribution in [0.5, 0.6) is 0 Å². The molecule has 0 spiro atoms. The van der Waals surface area contributed by atoms with Gasteiger partial charge in [-0.05, 0) is 19.4 Å². The highest BCUT2D eigenvalue weighted by molar-refractivity contribution is 5.24. The van der Waals surface area contributed by atoms with Crippen LogP contribution in [-0.4, -0.2) is 11.2 Å². The van der Waals surface area contributed by atoms with Gasteiger partial charge in [-0.1, -0.05) is 30.9 Å². The molecule has 1 unspecified atom stereocenters. The average molecular weight is 138 g/mol. The normalized spacial score (nSPS) is 15.7. The summed E-state index contributed by atoms with van der Waals surface area (Å²) in [4.78, 5) is 0. The predicted molar refractivity (Wildman–Crippen MR) is 44.8 cm³/mol. The van der Waals surface area contributed by atoms with E-state index in [4.69, 9.17) is 5.11 Å². The summed E-state index contributed by atoms with van der Waals surface area (Å²) in [5.74, 6) is 0. The zero-order valence-electron chi connectivity index (χ0n) is 6.54. The van der Waals surface area contributed by atoms with E-state index in [-0.39, 0.29) is 0 Å². The van der Waals surface area contributed by atoms with Gasteiger partial charge in [0.15, 0.2) is 0 Å². The smallest absolute Gasteiger partial charge is 0.0761 e. The molecule has 1 nitrogen and oxygen atoms in total. The molecule has 0 aliphatic rings. The van der Waals surface area contributed by atoms with Crippen molar-refractivity contribution in [1.82, 2.24) is 0 Å². The summed E-state index contributed by atoms with van der Waals surface area (Å²) in [6, 6.07) is 0. The average Bonchev–Trinajstić information content (AvgIpc) is 1.89. The van der Waals surface area contributed by atoms with Crippen molar-refractivity contribution in [3.05, 3.63) is 36.5 Å². The molecular weight excluding hydrogens is 124 g/mol. The van der Waals surface area contributed by atoms with Crippen molar-refractivity contribution in [2.45, 2.75) is 20.0 Å². The first-order chi connectivity index (χ1) is 4.72. The highest BCUT2D eigenvalue weighted by Gasteiger charge is 1.96. The van der Waals surface area contributed by atoms with Crippen LogP contribution in [0.15, 0.2) is 36.5 Å². The molecule has 0 heterocycles. The van der Waals surface area contributed by atoms with Gasteiger partial charge in [0.25, 0.3) is 0 Å². The minimum Gasteiger partial charge on any atom is -0.389 e. The van der Waals surface area contributed by atoms with Gasteiger partial charge >= 0.3 is 0 Å². The third-order valence-corrected chi connectivity index (χ3v) is 1.20. The van der Waals surface area contributed by atoms with Crippen molar-refractivity contribution in [1.29, 1.82) is 0 Å². The van der Waals surface area contributed by atoms with E-state index in [1.54, 1.807) is 13.0 Å². The van der Waals surface area contributed by atoms with Crippen LogP contribution in [0.1, 0.15) is 13.8 Å². The maximum atomic E-state index is 9.07. The molecule has 0 aliphatic heterocycles. The van der Waals surface area contributed by atoms with Gasteiger partial charge in [0.05, 0.1) is 6.10 Å². The summed E-state index contributed by atoms with van der Waals surface area (Å²) >= 11 is 0. The van der Waals surface area contributed by atoms with E-state index in [9.17, 15) is 0 Å². The van der Waals surface area contributed by atoms with Crippen LogP contribution in [-0.2, 0) is 0 Å². The Bertz CT molecular complexity index is 152. The molecule has 1 atom stereocenters. The maximum absolute atomic E-state index is 9.07. The Balaban J connectivity index is 4.18. The SMILES string of the molecule is C=C/C(=C\C=C\C)C(C)O. The summed E-state index contributed by atoms with van der Waals surface area (Å²) in [5.41, 5.74) is 0.845. The van der Waals surface area contributed by atoms with E-state index in [1.165, 1.54) is 0 Å². The molecule has 0 bridgehead atoms. The summed E-state index contributed by atoms with van der Waals surface area (Å²) in [5, 5.41) is 9.07. The van der Waals surface area contributed by atoms with E-state index >= 15 is 0 Å². The number of aliphatic hydroxyl groups is 1. The van der Waals surface area contributed by atoms with Crippen LogP contribution in [0.4, 0.5) is 0 Å². The van der Waals surface area contributed by atoms with E-state index in [1.807, 2.05) is 25.2 Å². The highest BCUT2D eigenvalue weighted by Crippen LogP contribution is 2.02. The molecule has 0 rings (SSSR count). The molecule has 0 aromatic heterocycles. The first-order valence-electron chi connectivity index (χ1n) is 3.35. The fourth-order valence-electron chi connectivity index (χ4n) is 0.585. The predicted octanol–water partition coefficient (Wildman–Crippen LogP) is 2.06. The van der Waals surface area contributed by atoms with Gasteiger partial charge in [-0.25, -0.2) is 0 Å². The quantitative estimate of drug-likeness (QED) is 0.592. The first kappa shape index (κ1) is 9.18. The second kappa shape index (κ2) is 5.00. The zero-order valence-corrected chi connectivity index (χ0v) is 6.54. The first-order valence-corrected chi connectivity index (χ1v) is 3.35. The van der Waals surface area contributed by atoms with Crippen LogP contribution >= 0.6 is 0 Å². The molecule has 10 heavy (non-hydrogen) atoms. The minimum absolute atomic E-state index is 0.423. The van der Waals surface area contributed by atoms with Crippen LogP contribution in [0, 0.1) is 0 Å². The summed E-state index contributed by atoms with van der Waals surface area (Å²) in [6.45, 7) is 7.22. The molecule has 56 valence electrons. The third kappa shape index (κ3) is 3.25. The molecule has 0 fully saturated rings. The molecular formula is C9H14O. The molecule has 1 heteroatoms. The molecule has 0 aliphatic carbocycles. The molecule has 0 aromatic rings. The fourth-order valence-corrected chi connectivity index (χ4v) is 0.585.